The number of amides is 1. The molecule has 0 heterocycles. The fraction of sp³-hybridized carbons (Fsp3) is 0.375. The Hall–Kier alpha value is -3.55. The molecule has 1 atom stereocenters. The van der Waals surface area contributed by atoms with E-state index in [1.54, 1.807) is 33.8 Å². The molecule has 0 saturated heterocycles. The maximum Gasteiger partial charge on any atom is 0.408 e. The lowest BCUT2D eigenvalue weighted by molar-refractivity contribution is -0.147. The van der Waals surface area contributed by atoms with Crippen molar-refractivity contribution in [1.82, 2.24) is 5.32 Å². The summed E-state index contributed by atoms with van der Waals surface area (Å²) in [5.41, 5.74) is 0.533. The van der Waals surface area contributed by atoms with Gasteiger partial charge in [-0.1, -0.05) is 36.4 Å². The number of aromatic hydroxyl groups is 1. The van der Waals surface area contributed by atoms with E-state index in [-0.39, 0.29) is 30.9 Å². The van der Waals surface area contributed by atoms with E-state index in [2.05, 4.69) is 5.32 Å². The number of esters is 2. The highest BCUT2D eigenvalue weighted by molar-refractivity contribution is 5.92. The van der Waals surface area contributed by atoms with Crippen LogP contribution in [0.3, 0.4) is 0 Å². The molecule has 172 valence electrons. The second-order valence-corrected chi connectivity index (χ2v) is 8.07. The minimum Gasteiger partial charge on any atom is -0.507 e. The Labute approximate surface area is 187 Å². The molecule has 0 fully saturated rings. The lowest BCUT2D eigenvalue weighted by atomic mass is 10.0. The van der Waals surface area contributed by atoms with Gasteiger partial charge in [-0.05, 0) is 51.0 Å². The third-order valence-electron chi connectivity index (χ3n) is 4.20. The lowest BCUT2D eigenvalue weighted by Gasteiger charge is -2.23. The Kier molecular flexibility index (Phi) is 8.63. The van der Waals surface area contributed by atoms with E-state index in [0.717, 1.165) is 5.56 Å². The Morgan fingerprint density at radius 1 is 1.00 bits per heavy atom. The van der Waals surface area contributed by atoms with E-state index in [0.29, 0.717) is 5.56 Å². The van der Waals surface area contributed by atoms with Crippen LogP contribution in [0.25, 0.3) is 0 Å². The van der Waals surface area contributed by atoms with E-state index in [1.165, 1.54) is 12.1 Å². The second kappa shape index (κ2) is 11.2. The number of alkyl carbamates (subject to hydrolysis) is 1. The average molecular weight is 443 g/mol. The van der Waals surface area contributed by atoms with Crippen molar-refractivity contribution in [1.29, 1.82) is 0 Å². The molecule has 0 aliphatic carbocycles. The van der Waals surface area contributed by atoms with E-state index in [1.807, 2.05) is 30.3 Å². The fourth-order valence-corrected chi connectivity index (χ4v) is 2.79. The molecule has 8 nitrogen and oxygen atoms in total. The summed E-state index contributed by atoms with van der Waals surface area (Å²) in [5.74, 6) is -1.59. The number of nitrogens with one attached hydrogen (secondary N) is 1. The molecule has 8 heteroatoms. The maximum atomic E-state index is 12.8. The maximum absolute atomic E-state index is 12.8. The average Bonchev–Trinajstić information content (AvgIpc) is 2.72. The number of hydrogen-bond donors (Lipinski definition) is 2. The van der Waals surface area contributed by atoms with Crippen LogP contribution in [0.15, 0.2) is 48.5 Å². The number of benzene rings is 2. The summed E-state index contributed by atoms with van der Waals surface area (Å²) in [7, 11) is 0. The predicted molar refractivity (Wildman–Crippen MR) is 117 cm³/mol. The van der Waals surface area contributed by atoms with Crippen LogP contribution in [0.5, 0.6) is 5.75 Å². The van der Waals surface area contributed by atoms with Gasteiger partial charge in [0.15, 0.2) is 0 Å². The quantitative estimate of drug-likeness (QED) is 0.472. The monoisotopic (exact) mass is 443 g/mol. The molecule has 1 unspecified atom stereocenters. The zero-order valence-corrected chi connectivity index (χ0v) is 18.7. The summed E-state index contributed by atoms with van der Waals surface area (Å²) in [4.78, 5) is 37.1. The van der Waals surface area contributed by atoms with E-state index in [9.17, 15) is 19.5 Å². The van der Waals surface area contributed by atoms with Gasteiger partial charge in [0, 0.05) is 6.42 Å². The minimum absolute atomic E-state index is 0.0134. The first-order chi connectivity index (χ1) is 15.1. The van der Waals surface area contributed by atoms with Crippen molar-refractivity contribution >= 4 is 18.0 Å². The third kappa shape index (κ3) is 7.94. The highest BCUT2D eigenvalue weighted by Crippen LogP contribution is 2.21. The third-order valence-corrected chi connectivity index (χ3v) is 4.20. The van der Waals surface area contributed by atoms with Crippen LogP contribution >= 0.6 is 0 Å². The number of phenols is 1. The summed E-state index contributed by atoms with van der Waals surface area (Å²) in [6, 6.07) is 12.4. The zero-order valence-electron chi connectivity index (χ0n) is 18.7. The van der Waals surface area contributed by atoms with E-state index >= 15 is 0 Å². The number of carbonyl (C=O) groups is 3. The summed E-state index contributed by atoms with van der Waals surface area (Å²) < 4.78 is 15.6. The summed E-state index contributed by atoms with van der Waals surface area (Å²) in [5, 5.41) is 12.5. The molecule has 1 amide bonds. The highest BCUT2D eigenvalue weighted by atomic mass is 16.6. The zero-order chi connectivity index (χ0) is 23.7. The minimum atomic E-state index is -1.08. The first-order valence-corrected chi connectivity index (χ1v) is 10.3. The number of ether oxygens (including phenoxy) is 3. The molecule has 0 aromatic heterocycles. The summed E-state index contributed by atoms with van der Waals surface area (Å²) in [6.07, 6.45) is -0.761. The molecule has 2 aromatic carbocycles. The molecular weight excluding hydrogens is 414 g/mol. The van der Waals surface area contributed by atoms with E-state index < -0.39 is 29.7 Å². The Balaban J connectivity index is 2.19. The normalized spacial score (nSPS) is 11.9. The molecule has 2 aromatic rings. The molecule has 0 saturated carbocycles. The van der Waals surface area contributed by atoms with Gasteiger partial charge in [-0.25, -0.2) is 14.4 Å². The lowest BCUT2D eigenvalue weighted by Crippen LogP contribution is -2.45. The van der Waals surface area contributed by atoms with Gasteiger partial charge in [0.25, 0.3) is 0 Å². The number of hydrogen-bond acceptors (Lipinski definition) is 7. The first-order valence-electron chi connectivity index (χ1n) is 10.3. The van der Waals surface area contributed by atoms with Gasteiger partial charge < -0.3 is 24.6 Å². The molecule has 0 bridgehead atoms. The molecule has 0 aliphatic heterocycles. The molecule has 0 spiro atoms. The van der Waals surface area contributed by atoms with Crippen molar-refractivity contribution in [2.75, 3.05) is 6.61 Å². The Morgan fingerprint density at radius 2 is 1.69 bits per heavy atom. The molecule has 0 aliphatic rings. The van der Waals surface area contributed by atoms with Crippen molar-refractivity contribution in [3.05, 3.63) is 65.2 Å². The smallest absolute Gasteiger partial charge is 0.408 e. The van der Waals surface area contributed by atoms with Gasteiger partial charge >= 0.3 is 18.0 Å². The molecule has 32 heavy (non-hydrogen) atoms. The highest BCUT2D eigenvalue weighted by Gasteiger charge is 2.27. The largest absolute Gasteiger partial charge is 0.507 e. The van der Waals surface area contributed by atoms with Crippen molar-refractivity contribution in [3.8, 4) is 5.75 Å². The van der Waals surface area contributed by atoms with Gasteiger partial charge in [0.2, 0.25) is 0 Å². The fourth-order valence-electron chi connectivity index (χ4n) is 2.79. The van der Waals surface area contributed by atoms with Gasteiger partial charge in [0.05, 0.1) is 6.61 Å². The summed E-state index contributed by atoms with van der Waals surface area (Å²) >= 11 is 0. The Bertz CT molecular complexity index is 935. The van der Waals surface area contributed by atoms with Crippen LogP contribution in [0, 0.1) is 0 Å². The number of carbonyl (C=O) groups excluding carboxylic acids is 3. The van der Waals surface area contributed by atoms with Gasteiger partial charge in [-0.2, -0.15) is 0 Å². The van der Waals surface area contributed by atoms with E-state index in [4.69, 9.17) is 14.2 Å². The van der Waals surface area contributed by atoms with Crippen LogP contribution in [0.1, 0.15) is 49.2 Å². The topological polar surface area (TPSA) is 111 Å². The molecule has 0 radical (unpaired) electrons. The van der Waals surface area contributed by atoms with Crippen LogP contribution < -0.4 is 5.32 Å². The first kappa shape index (κ1) is 24.7. The standard InChI is InChI=1S/C24H29NO7/c1-5-30-21(27)18-13-17(11-12-20(18)26)14-19(25-23(29)32-24(2,3)4)22(28)31-15-16-9-7-6-8-10-16/h6-13,19,26H,5,14-15H2,1-4H3,(H,25,29). The van der Waals surface area contributed by atoms with Gasteiger partial charge in [-0.3, -0.25) is 0 Å². The van der Waals surface area contributed by atoms with Crippen molar-refractivity contribution < 1.29 is 33.7 Å². The number of phenolic OH excluding ortho intramolecular Hbond substituents is 1. The van der Waals surface area contributed by atoms with Crippen LogP contribution in [0.4, 0.5) is 4.79 Å². The van der Waals surface area contributed by atoms with Crippen molar-refractivity contribution in [2.24, 2.45) is 0 Å². The van der Waals surface area contributed by atoms with Crippen LogP contribution in [0.2, 0.25) is 0 Å². The molecule has 2 N–H and O–H groups in total. The molecule has 2 rings (SSSR count). The Morgan fingerprint density at radius 3 is 2.31 bits per heavy atom. The predicted octanol–water partition coefficient (Wildman–Crippen LogP) is 3.75. The van der Waals surface area contributed by atoms with Crippen molar-refractivity contribution in [3.63, 3.8) is 0 Å². The van der Waals surface area contributed by atoms with Gasteiger partial charge in [-0.15, -0.1) is 0 Å². The number of rotatable bonds is 8. The summed E-state index contributed by atoms with van der Waals surface area (Å²) in [6.45, 7) is 6.97. The van der Waals surface area contributed by atoms with Crippen molar-refractivity contribution in [2.45, 2.75) is 52.4 Å². The SMILES string of the molecule is CCOC(=O)c1cc(CC(NC(=O)OC(C)(C)C)C(=O)OCc2ccccc2)ccc1O. The van der Waals surface area contributed by atoms with Crippen LogP contribution in [-0.2, 0) is 32.0 Å². The van der Waals surface area contributed by atoms with Crippen LogP contribution in [-0.4, -0.2) is 41.4 Å². The molecular formula is C24H29NO7. The van der Waals surface area contributed by atoms with Gasteiger partial charge in [0.1, 0.15) is 29.6 Å². The second-order valence-electron chi connectivity index (χ2n) is 8.07.